The molecule has 4 nitrogen and oxygen atoms in total. The van der Waals surface area contributed by atoms with Crippen LogP contribution in [0.2, 0.25) is 10.0 Å². The molecular formula is C17H16Cl3NO3S. The van der Waals surface area contributed by atoms with Gasteiger partial charge in [0.25, 0.3) is 10.0 Å². The highest BCUT2D eigenvalue weighted by molar-refractivity contribution is 7.92. The fourth-order valence-electron chi connectivity index (χ4n) is 2.22. The van der Waals surface area contributed by atoms with E-state index in [1.807, 2.05) is 26.0 Å². The Morgan fingerprint density at radius 3 is 2.12 bits per heavy atom. The number of carbonyl (C=O) groups is 1. The second kappa shape index (κ2) is 7.96. The van der Waals surface area contributed by atoms with Gasteiger partial charge in [-0.15, -0.1) is 0 Å². The second-order valence-corrected chi connectivity index (χ2v) is 8.79. The molecular weight excluding hydrogens is 405 g/mol. The molecule has 0 saturated carbocycles. The van der Waals surface area contributed by atoms with Gasteiger partial charge in [-0.3, -0.25) is 9.10 Å². The number of anilines is 1. The van der Waals surface area contributed by atoms with Crippen LogP contribution in [0.25, 0.3) is 0 Å². The summed E-state index contributed by atoms with van der Waals surface area (Å²) in [5.74, 6) is 0.295. The molecule has 2 rings (SSSR count). The summed E-state index contributed by atoms with van der Waals surface area (Å²) >= 11 is 17.2. The third kappa shape index (κ3) is 4.67. The zero-order chi connectivity index (χ0) is 18.8. The summed E-state index contributed by atoms with van der Waals surface area (Å²) in [5.41, 5.74) is 1.39. The molecule has 0 radical (unpaired) electrons. The van der Waals surface area contributed by atoms with E-state index in [0.29, 0.717) is 11.6 Å². The predicted octanol–water partition coefficient (Wildman–Crippen LogP) is 5.08. The quantitative estimate of drug-likeness (QED) is 0.612. The van der Waals surface area contributed by atoms with E-state index in [9.17, 15) is 13.2 Å². The van der Waals surface area contributed by atoms with Crippen LogP contribution in [0.5, 0.6) is 0 Å². The van der Waals surface area contributed by atoms with Gasteiger partial charge in [-0.1, -0.05) is 49.2 Å². The van der Waals surface area contributed by atoms with Crippen molar-refractivity contribution >= 4 is 55.8 Å². The van der Waals surface area contributed by atoms with Gasteiger partial charge in [0.1, 0.15) is 6.54 Å². The molecule has 0 aliphatic carbocycles. The summed E-state index contributed by atoms with van der Waals surface area (Å²) in [6, 6.07) is 10.9. The van der Waals surface area contributed by atoms with Gasteiger partial charge in [0.2, 0.25) is 5.24 Å². The summed E-state index contributed by atoms with van der Waals surface area (Å²) in [7, 11) is -4.04. The summed E-state index contributed by atoms with van der Waals surface area (Å²) in [4.78, 5) is 11.3. The Kier molecular flexibility index (Phi) is 6.38. The molecule has 0 aromatic heterocycles. The SMILES string of the molecule is CC(C)c1ccc(N(CC(=O)Cl)S(=O)(=O)c2ccc(Cl)c(Cl)c2)cc1. The lowest BCUT2D eigenvalue weighted by Crippen LogP contribution is -2.34. The number of sulfonamides is 1. The van der Waals surface area contributed by atoms with Crippen molar-refractivity contribution in [1.82, 2.24) is 0 Å². The predicted molar refractivity (Wildman–Crippen MR) is 102 cm³/mol. The molecule has 0 N–H and O–H groups in total. The van der Waals surface area contributed by atoms with E-state index in [1.54, 1.807) is 12.1 Å². The van der Waals surface area contributed by atoms with Crippen molar-refractivity contribution in [3.8, 4) is 0 Å². The molecule has 0 bridgehead atoms. The first kappa shape index (κ1) is 20.0. The molecule has 134 valence electrons. The van der Waals surface area contributed by atoms with Crippen molar-refractivity contribution in [3.05, 3.63) is 58.1 Å². The van der Waals surface area contributed by atoms with E-state index in [0.717, 1.165) is 9.87 Å². The van der Waals surface area contributed by atoms with Crippen molar-refractivity contribution < 1.29 is 13.2 Å². The Morgan fingerprint density at radius 1 is 1.04 bits per heavy atom. The lowest BCUT2D eigenvalue weighted by molar-refractivity contribution is -0.110. The average molecular weight is 421 g/mol. The Bertz CT molecular complexity index is 881. The van der Waals surface area contributed by atoms with Crippen LogP contribution in [-0.4, -0.2) is 20.2 Å². The van der Waals surface area contributed by atoms with E-state index in [1.165, 1.54) is 18.2 Å². The minimum atomic E-state index is -4.04. The smallest absolute Gasteiger partial charge is 0.264 e. The number of hydrogen-bond acceptors (Lipinski definition) is 3. The summed E-state index contributed by atoms with van der Waals surface area (Å²) < 4.78 is 26.9. The molecule has 25 heavy (non-hydrogen) atoms. The highest BCUT2D eigenvalue weighted by Crippen LogP contribution is 2.30. The van der Waals surface area contributed by atoms with Gasteiger partial charge in [0.05, 0.1) is 20.6 Å². The van der Waals surface area contributed by atoms with Crippen LogP contribution < -0.4 is 4.31 Å². The standard InChI is InChI=1S/C17H16Cl3NO3S/c1-11(2)12-3-5-13(6-4-12)21(10-17(20)22)25(23,24)14-7-8-15(18)16(19)9-14/h3-9,11H,10H2,1-2H3. The second-order valence-electron chi connectivity index (χ2n) is 5.69. The fourth-order valence-corrected chi connectivity index (χ4v) is 4.22. The molecule has 0 aliphatic rings. The molecule has 0 heterocycles. The molecule has 2 aromatic rings. The first-order chi connectivity index (χ1) is 11.6. The zero-order valence-corrected chi connectivity index (χ0v) is 16.6. The molecule has 0 fully saturated rings. The number of halogens is 3. The molecule has 2 aromatic carbocycles. The third-order valence-electron chi connectivity index (χ3n) is 3.59. The first-order valence-electron chi connectivity index (χ1n) is 7.39. The van der Waals surface area contributed by atoms with Gasteiger partial charge in [0, 0.05) is 0 Å². The van der Waals surface area contributed by atoms with E-state index >= 15 is 0 Å². The zero-order valence-electron chi connectivity index (χ0n) is 13.5. The Morgan fingerprint density at radius 2 is 1.64 bits per heavy atom. The van der Waals surface area contributed by atoms with Crippen LogP contribution in [0, 0.1) is 0 Å². The Hall–Kier alpha value is -1.27. The van der Waals surface area contributed by atoms with Crippen molar-refractivity contribution in [3.63, 3.8) is 0 Å². The Balaban J connectivity index is 2.51. The van der Waals surface area contributed by atoms with E-state index in [-0.39, 0.29) is 14.9 Å². The van der Waals surface area contributed by atoms with Gasteiger partial charge in [-0.05, 0) is 53.4 Å². The third-order valence-corrected chi connectivity index (χ3v) is 6.22. The number of nitrogens with zero attached hydrogens (tertiary/aromatic N) is 1. The van der Waals surface area contributed by atoms with Crippen molar-refractivity contribution in [2.75, 3.05) is 10.8 Å². The normalized spacial score (nSPS) is 11.6. The van der Waals surface area contributed by atoms with E-state index < -0.39 is 21.8 Å². The van der Waals surface area contributed by atoms with E-state index in [2.05, 4.69) is 0 Å². The van der Waals surface area contributed by atoms with Crippen LogP contribution in [0.3, 0.4) is 0 Å². The maximum Gasteiger partial charge on any atom is 0.264 e. The summed E-state index contributed by atoms with van der Waals surface area (Å²) in [6.45, 7) is 3.56. The minimum absolute atomic E-state index is 0.0762. The molecule has 0 unspecified atom stereocenters. The van der Waals surface area contributed by atoms with Gasteiger partial charge in [0.15, 0.2) is 0 Å². The lowest BCUT2D eigenvalue weighted by atomic mass is 10.0. The van der Waals surface area contributed by atoms with Crippen molar-refractivity contribution in [2.24, 2.45) is 0 Å². The minimum Gasteiger partial charge on any atom is -0.279 e. The number of rotatable bonds is 6. The van der Waals surface area contributed by atoms with Crippen molar-refractivity contribution in [2.45, 2.75) is 24.7 Å². The van der Waals surface area contributed by atoms with Gasteiger partial charge < -0.3 is 0 Å². The van der Waals surface area contributed by atoms with E-state index in [4.69, 9.17) is 34.8 Å². The Labute approximate surface area is 162 Å². The number of carbonyl (C=O) groups excluding carboxylic acids is 1. The molecule has 0 amide bonds. The maximum atomic E-state index is 13.0. The highest BCUT2D eigenvalue weighted by Gasteiger charge is 2.27. The number of benzene rings is 2. The largest absolute Gasteiger partial charge is 0.279 e. The van der Waals surface area contributed by atoms with Gasteiger partial charge >= 0.3 is 0 Å². The van der Waals surface area contributed by atoms with Crippen molar-refractivity contribution in [1.29, 1.82) is 0 Å². The lowest BCUT2D eigenvalue weighted by Gasteiger charge is -2.23. The summed E-state index contributed by atoms with van der Waals surface area (Å²) in [5, 5.41) is -0.450. The monoisotopic (exact) mass is 419 g/mol. The van der Waals surface area contributed by atoms with Crippen LogP contribution in [-0.2, 0) is 14.8 Å². The molecule has 0 aliphatic heterocycles. The molecule has 8 heteroatoms. The maximum absolute atomic E-state index is 13.0. The van der Waals surface area contributed by atoms with Crippen LogP contribution >= 0.6 is 34.8 Å². The molecule has 0 spiro atoms. The topological polar surface area (TPSA) is 54.5 Å². The fraction of sp³-hybridized carbons (Fsp3) is 0.235. The van der Waals surface area contributed by atoms with Crippen LogP contribution in [0.15, 0.2) is 47.4 Å². The molecule has 0 atom stereocenters. The van der Waals surface area contributed by atoms with Crippen LogP contribution in [0.4, 0.5) is 5.69 Å². The number of hydrogen-bond donors (Lipinski definition) is 0. The van der Waals surface area contributed by atoms with Gasteiger partial charge in [-0.25, -0.2) is 8.42 Å². The average Bonchev–Trinajstić information content (AvgIpc) is 2.55. The molecule has 0 saturated heterocycles. The first-order valence-corrected chi connectivity index (χ1v) is 9.96. The highest BCUT2D eigenvalue weighted by atomic mass is 35.5. The van der Waals surface area contributed by atoms with Crippen LogP contribution in [0.1, 0.15) is 25.3 Å². The van der Waals surface area contributed by atoms with Gasteiger partial charge in [-0.2, -0.15) is 0 Å². The summed E-state index contributed by atoms with van der Waals surface area (Å²) in [6.07, 6.45) is 0.